The number of hydrogen-bond donors (Lipinski definition) is 1. The van der Waals surface area contributed by atoms with Crippen molar-refractivity contribution in [2.45, 2.75) is 44.6 Å². The predicted octanol–water partition coefficient (Wildman–Crippen LogP) is 2.93. The SMILES string of the molecule is CC(O)(CC(=O)N1CC2CCCCC2C1)c1ccccc1. The van der Waals surface area contributed by atoms with Gasteiger partial charge in [-0.15, -0.1) is 0 Å². The Balaban J connectivity index is 1.64. The van der Waals surface area contributed by atoms with Crippen LogP contribution in [0.4, 0.5) is 0 Å². The summed E-state index contributed by atoms with van der Waals surface area (Å²) < 4.78 is 0. The lowest BCUT2D eigenvalue weighted by molar-refractivity contribution is -0.135. The lowest BCUT2D eigenvalue weighted by Crippen LogP contribution is -2.35. The van der Waals surface area contributed by atoms with E-state index < -0.39 is 5.60 Å². The van der Waals surface area contributed by atoms with Gasteiger partial charge in [0.25, 0.3) is 0 Å². The molecule has 21 heavy (non-hydrogen) atoms. The molecule has 0 bridgehead atoms. The zero-order valence-corrected chi connectivity index (χ0v) is 12.8. The number of carbonyl (C=O) groups excluding carboxylic acids is 1. The molecule has 2 fully saturated rings. The highest BCUT2D eigenvalue weighted by atomic mass is 16.3. The van der Waals surface area contributed by atoms with E-state index in [1.807, 2.05) is 35.2 Å². The number of benzene rings is 1. The van der Waals surface area contributed by atoms with Crippen molar-refractivity contribution in [1.29, 1.82) is 0 Å². The molecule has 1 amide bonds. The first-order valence-corrected chi connectivity index (χ1v) is 8.12. The van der Waals surface area contributed by atoms with E-state index in [0.29, 0.717) is 11.8 Å². The Hall–Kier alpha value is -1.35. The second kappa shape index (κ2) is 5.80. The summed E-state index contributed by atoms with van der Waals surface area (Å²) in [5, 5.41) is 10.6. The minimum Gasteiger partial charge on any atom is -0.385 e. The Bertz CT molecular complexity index is 483. The molecule has 1 aliphatic heterocycles. The van der Waals surface area contributed by atoms with Gasteiger partial charge in [-0.3, -0.25) is 4.79 Å². The van der Waals surface area contributed by atoms with Gasteiger partial charge in [0.2, 0.25) is 5.91 Å². The van der Waals surface area contributed by atoms with Crippen LogP contribution in [0.25, 0.3) is 0 Å². The van der Waals surface area contributed by atoms with Gasteiger partial charge < -0.3 is 10.0 Å². The van der Waals surface area contributed by atoms with Crippen molar-refractivity contribution in [3.05, 3.63) is 35.9 Å². The second-order valence-corrected chi connectivity index (χ2v) is 6.92. The van der Waals surface area contributed by atoms with Crippen LogP contribution in [-0.4, -0.2) is 29.0 Å². The zero-order chi connectivity index (χ0) is 14.9. The summed E-state index contributed by atoms with van der Waals surface area (Å²) >= 11 is 0. The molecular weight excluding hydrogens is 262 g/mol. The van der Waals surface area contributed by atoms with Crippen LogP contribution in [0.15, 0.2) is 30.3 Å². The third-order valence-corrected chi connectivity index (χ3v) is 5.22. The maximum Gasteiger partial charge on any atom is 0.225 e. The van der Waals surface area contributed by atoms with E-state index in [2.05, 4.69) is 0 Å². The van der Waals surface area contributed by atoms with Gasteiger partial charge in [0.15, 0.2) is 0 Å². The smallest absolute Gasteiger partial charge is 0.225 e. The summed E-state index contributed by atoms with van der Waals surface area (Å²) in [7, 11) is 0. The highest BCUT2D eigenvalue weighted by Gasteiger charge is 2.38. The van der Waals surface area contributed by atoms with Crippen LogP contribution in [0.1, 0.15) is 44.6 Å². The van der Waals surface area contributed by atoms with Gasteiger partial charge in [0.1, 0.15) is 0 Å². The fraction of sp³-hybridized carbons (Fsp3) is 0.611. The van der Waals surface area contributed by atoms with Gasteiger partial charge in [0, 0.05) is 13.1 Å². The summed E-state index contributed by atoms with van der Waals surface area (Å²) in [5.74, 6) is 1.49. The van der Waals surface area contributed by atoms with Crippen LogP contribution in [0.5, 0.6) is 0 Å². The molecule has 2 aliphatic rings. The first-order valence-electron chi connectivity index (χ1n) is 8.12. The minimum absolute atomic E-state index is 0.0956. The molecule has 1 aromatic carbocycles. The average Bonchev–Trinajstić information content (AvgIpc) is 2.92. The van der Waals surface area contributed by atoms with E-state index in [9.17, 15) is 9.90 Å². The van der Waals surface area contributed by atoms with Crippen LogP contribution >= 0.6 is 0 Å². The molecule has 1 aliphatic carbocycles. The van der Waals surface area contributed by atoms with Crippen molar-refractivity contribution in [3.8, 4) is 0 Å². The Kier molecular flexibility index (Phi) is 4.03. The number of carbonyl (C=O) groups is 1. The monoisotopic (exact) mass is 287 g/mol. The van der Waals surface area contributed by atoms with Crippen LogP contribution < -0.4 is 0 Å². The van der Waals surface area contributed by atoms with Gasteiger partial charge in [-0.05, 0) is 37.2 Å². The van der Waals surface area contributed by atoms with Crippen LogP contribution in [0.2, 0.25) is 0 Å². The third kappa shape index (κ3) is 3.13. The molecule has 114 valence electrons. The van der Waals surface area contributed by atoms with Gasteiger partial charge in [-0.25, -0.2) is 0 Å². The molecular formula is C18H25NO2. The van der Waals surface area contributed by atoms with Crippen molar-refractivity contribution in [1.82, 2.24) is 4.90 Å². The summed E-state index contributed by atoms with van der Waals surface area (Å²) in [4.78, 5) is 14.5. The lowest BCUT2D eigenvalue weighted by atomic mass is 9.82. The van der Waals surface area contributed by atoms with Crippen molar-refractivity contribution in [2.24, 2.45) is 11.8 Å². The van der Waals surface area contributed by atoms with E-state index in [-0.39, 0.29) is 12.3 Å². The summed E-state index contributed by atoms with van der Waals surface area (Å²) in [6, 6.07) is 9.50. The molecule has 0 spiro atoms. The van der Waals surface area contributed by atoms with Crippen molar-refractivity contribution >= 4 is 5.91 Å². The molecule has 1 saturated carbocycles. The highest BCUT2D eigenvalue weighted by molar-refractivity contribution is 5.77. The number of aliphatic hydroxyl groups is 1. The number of amides is 1. The second-order valence-electron chi connectivity index (χ2n) is 6.92. The molecule has 3 atom stereocenters. The molecule has 1 heterocycles. The van der Waals surface area contributed by atoms with E-state index in [0.717, 1.165) is 18.7 Å². The Morgan fingerprint density at radius 1 is 1.19 bits per heavy atom. The topological polar surface area (TPSA) is 40.5 Å². The molecule has 0 radical (unpaired) electrons. The summed E-state index contributed by atoms with van der Waals surface area (Å²) in [6.45, 7) is 3.53. The first-order chi connectivity index (χ1) is 10.1. The zero-order valence-electron chi connectivity index (χ0n) is 12.8. The lowest BCUT2D eigenvalue weighted by Gasteiger charge is -2.26. The molecule has 3 rings (SSSR count). The minimum atomic E-state index is -1.08. The Morgan fingerprint density at radius 3 is 2.33 bits per heavy atom. The molecule has 3 heteroatoms. The molecule has 1 N–H and O–H groups in total. The molecule has 1 saturated heterocycles. The van der Waals surface area contributed by atoms with E-state index in [1.165, 1.54) is 25.7 Å². The molecule has 3 unspecified atom stereocenters. The van der Waals surface area contributed by atoms with Crippen molar-refractivity contribution < 1.29 is 9.90 Å². The normalized spacial score (nSPS) is 28.0. The van der Waals surface area contributed by atoms with Crippen molar-refractivity contribution in [3.63, 3.8) is 0 Å². The standard InChI is InChI=1S/C18H25NO2/c1-18(21,16-9-3-2-4-10-16)11-17(20)19-12-14-7-5-6-8-15(14)13-19/h2-4,9-10,14-15,21H,5-8,11-13H2,1H3. The van der Waals surface area contributed by atoms with Crippen molar-refractivity contribution in [2.75, 3.05) is 13.1 Å². The number of fused-ring (bicyclic) bond motifs is 1. The number of nitrogens with zero attached hydrogens (tertiary/aromatic N) is 1. The van der Waals surface area contributed by atoms with Crippen LogP contribution in [0.3, 0.4) is 0 Å². The molecule has 0 aromatic heterocycles. The summed E-state index contributed by atoms with van der Waals surface area (Å²) in [6.07, 6.45) is 5.33. The van der Waals surface area contributed by atoms with Gasteiger partial charge >= 0.3 is 0 Å². The Labute approximate surface area is 127 Å². The molecule has 1 aromatic rings. The van der Waals surface area contributed by atoms with E-state index in [4.69, 9.17) is 0 Å². The average molecular weight is 287 g/mol. The number of likely N-dealkylation sites (tertiary alicyclic amines) is 1. The molecule has 3 nitrogen and oxygen atoms in total. The predicted molar refractivity (Wildman–Crippen MR) is 82.7 cm³/mol. The largest absolute Gasteiger partial charge is 0.385 e. The van der Waals surface area contributed by atoms with E-state index >= 15 is 0 Å². The third-order valence-electron chi connectivity index (χ3n) is 5.22. The quantitative estimate of drug-likeness (QED) is 0.928. The fourth-order valence-corrected chi connectivity index (χ4v) is 3.92. The van der Waals surface area contributed by atoms with Crippen LogP contribution in [-0.2, 0) is 10.4 Å². The highest BCUT2D eigenvalue weighted by Crippen LogP contribution is 2.37. The maximum atomic E-state index is 12.5. The number of rotatable bonds is 3. The number of hydrogen-bond acceptors (Lipinski definition) is 2. The summed E-state index contributed by atoms with van der Waals surface area (Å²) in [5.41, 5.74) is -0.262. The fourth-order valence-electron chi connectivity index (χ4n) is 3.92. The Morgan fingerprint density at radius 2 is 1.76 bits per heavy atom. The van der Waals surface area contributed by atoms with E-state index in [1.54, 1.807) is 6.92 Å². The first kappa shape index (κ1) is 14.6. The van der Waals surface area contributed by atoms with Gasteiger partial charge in [0.05, 0.1) is 12.0 Å². The van der Waals surface area contributed by atoms with Crippen LogP contribution in [0, 0.1) is 11.8 Å². The van der Waals surface area contributed by atoms with Gasteiger partial charge in [-0.1, -0.05) is 43.2 Å². The maximum absolute atomic E-state index is 12.5. The van der Waals surface area contributed by atoms with Gasteiger partial charge in [-0.2, -0.15) is 0 Å².